The molecule has 0 aromatic heterocycles. The Morgan fingerprint density at radius 2 is 1.59 bits per heavy atom. The molecule has 1 aromatic carbocycles. The Kier molecular flexibility index (Phi) is 9.52. The van der Waals surface area contributed by atoms with E-state index in [-0.39, 0.29) is 5.75 Å². The number of aromatic hydroxyl groups is 1. The minimum absolute atomic E-state index is 0.186. The lowest BCUT2D eigenvalue weighted by molar-refractivity contribution is 0.454. The van der Waals surface area contributed by atoms with Crippen LogP contribution in [0, 0.1) is 11.8 Å². The SMILES string of the molecule is CCCCCCCCCCCC(N=O)c1cc(C)ccc1O. The average Bonchev–Trinajstić information content (AvgIpc) is 2.52. The molecule has 0 heterocycles. The van der Waals surface area contributed by atoms with Crippen LogP contribution in [0.15, 0.2) is 23.4 Å². The highest BCUT2D eigenvalue weighted by Crippen LogP contribution is 2.31. The van der Waals surface area contributed by atoms with E-state index >= 15 is 0 Å². The minimum atomic E-state index is -0.413. The summed E-state index contributed by atoms with van der Waals surface area (Å²) in [5.74, 6) is 0.186. The van der Waals surface area contributed by atoms with Crippen molar-refractivity contribution in [3.05, 3.63) is 34.2 Å². The molecule has 0 spiro atoms. The van der Waals surface area contributed by atoms with Crippen LogP contribution in [-0.2, 0) is 0 Å². The summed E-state index contributed by atoms with van der Waals surface area (Å²) in [6, 6.07) is 4.96. The van der Waals surface area contributed by atoms with E-state index < -0.39 is 6.04 Å². The van der Waals surface area contributed by atoms with E-state index in [9.17, 15) is 10.0 Å². The summed E-state index contributed by atoms with van der Waals surface area (Å²) in [5.41, 5.74) is 1.73. The molecule has 1 rings (SSSR count). The molecule has 0 bridgehead atoms. The topological polar surface area (TPSA) is 49.7 Å². The van der Waals surface area contributed by atoms with Gasteiger partial charge in [0.2, 0.25) is 0 Å². The molecule has 22 heavy (non-hydrogen) atoms. The van der Waals surface area contributed by atoms with Gasteiger partial charge in [-0.15, -0.1) is 0 Å². The highest BCUT2D eigenvalue weighted by molar-refractivity contribution is 5.38. The largest absolute Gasteiger partial charge is 0.508 e. The summed E-state index contributed by atoms with van der Waals surface area (Å²) in [4.78, 5) is 11.1. The number of unbranched alkanes of at least 4 members (excludes halogenated alkanes) is 8. The fraction of sp³-hybridized carbons (Fsp3) is 0.684. The molecule has 3 heteroatoms. The molecule has 124 valence electrons. The second kappa shape index (κ2) is 11.2. The molecule has 0 fully saturated rings. The summed E-state index contributed by atoms with van der Waals surface area (Å²) < 4.78 is 0. The first-order chi connectivity index (χ1) is 10.7. The third-order valence-electron chi connectivity index (χ3n) is 4.25. The Balaban J connectivity index is 2.22. The monoisotopic (exact) mass is 305 g/mol. The maximum atomic E-state index is 11.1. The van der Waals surface area contributed by atoms with E-state index in [1.165, 1.54) is 44.9 Å². The lowest BCUT2D eigenvalue weighted by atomic mass is 9.98. The molecule has 0 aliphatic heterocycles. The van der Waals surface area contributed by atoms with Crippen molar-refractivity contribution in [2.75, 3.05) is 0 Å². The van der Waals surface area contributed by atoms with Crippen molar-refractivity contribution in [3.8, 4) is 5.75 Å². The molecule has 1 aromatic rings. The predicted molar refractivity (Wildman–Crippen MR) is 93.2 cm³/mol. The van der Waals surface area contributed by atoms with Crippen LogP contribution in [0.25, 0.3) is 0 Å². The molecule has 1 atom stereocenters. The van der Waals surface area contributed by atoms with Crippen molar-refractivity contribution in [3.63, 3.8) is 0 Å². The van der Waals surface area contributed by atoms with Gasteiger partial charge in [-0.2, -0.15) is 4.91 Å². The quantitative estimate of drug-likeness (QED) is 0.357. The van der Waals surface area contributed by atoms with Gasteiger partial charge < -0.3 is 5.11 Å². The van der Waals surface area contributed by atoms with Gasteiger partial charge in [-0.1, -0.05) is 87.6 Å². The standard InChI is InChI=1S/C19H31NO2/c1-3-4-5-6-7-8-9-10-11-12-18(20-22)17-15-16(2)13-14-19(17)21/h13-15,18,21H,3-12H2,1-2H3. The van der Waals surface area contributed by atoms with Crippen molar-refractivity contribution in [1.29, 1.82) is 0 Å². The van der Waals surface area contributed by atoms with E-state index in [4.69, 9.17) is 0 Å². The van der Waals surface area contributed by atoms with Gasteiger partial charge in [0.25, 0.3) is 0 Å². The molecule has 0 saturated heterocycles. The predicted octanol–water partition coefficient (Wildman–Crippen LogP) is 6.43. The molecule has 0 amide bonds. The van der Waals surface area contributed by atoms with Crippen molar-refractivity contribution in [2.45, 2.75) is 84.1 Å². The molecule has 1 unspecified atom stereocenters. The Morgan fingerprint density at radius 1 is 1.00 bits per heavy atom. The summed E-state index contributed by atoms with van der Waals surface area (Å²) in [5, 5.41) is 13.1. The third-order valence-corrected chi connectivity index (χ3v) is 4.25. The van der Waals surface area contributed by atoms with E-state index in [0.717, 1.165) is 24.8 Å². The summed E-state index contributed by atoms with van der Waals surface area (Å²) >= 11 is 0. The first-order valence-electron chi connectivity index (χ1n) is 8.81. The van der Waals surface area contributed by atoms with Gasteiger partial charge in [-0.25, -0.2) is 0 Å². The summed E-state index contributed by atoms with van der Waals surface area (Å²) in [6.07, 6.45) is 12.1. The molecule has 0 radical (unpaired) electrons. The maximum Gasteiger partial charge on any atom is 0.121 e. The van der Waals surface area contributed by atoms with Crippen LogP contribution in [-0.4, -0.2) is 5.11 Å². The van der Waals surface area contributed by atoms with E-state index in [0.29, 0.717) is 5.56 Å². The second-order valence-corrected chi connectivity index (χ2v) is 6.30. The molecular formula is C19H31NO2. The number of rotatable bonds is 12. The van der Waals surface area contributed by atoms with Crippen LogP contribution in [0.2, 0.25) is 0 Å². The van der Waals surface area contributed by atoms with Crippen molar-refractivity contribution in [1.82, 2.24) is 0 Å². The summed E-state index contributed by atoms with van der Waals surface area (Å²) in [6.45, 7) is 4.20. The highest BCUT2D eigenvalue weighted by Gasteiger charge is 2.15. The molecule has 0 saturated carbocycles. The number of phenolic OH excluding ortho intramolecular Hbond substituents is 1. The van der Waals surface area contributed by atoms with Gasteiger partial charge in [0, 0.05) is 5.56 Å². The number of aryl methyl sites for hydroxylation is 1. The zero-order chi connectivity index (χ0) is 16.2. The third kappa shape index (κ3) is 7.06. The number of hydrogen-bond acceptors (Lipinski definition) is 3. The zero-order valence-corrected chi connectivity index (χ0v) is 14.2. The lowest BCUT2D eigenvalue weighted by Crippen LogP contribution is -1.96. The van der Waals surface area contributed by atoms with Gasteiger partial charge in [-0.05, 0) is 19.4 Å². The fourth-order valence-corrected chi connectivity index (χ4v) is 2.85. The van der Waals surface area contributed by atoms with Crippen LogP contribution in [0.1, 0.15) is 88.3 Å². The first-order valence-corrected chi connectivity index (χ1v) is 8.81. The van der Waals surface area contributed by atoms with Crippen molar-refractivity contribution >= 4 is 0 Å². The molecule has 3 nitrogen and oxygen atoms in total. The normalized spacial score (nSPS) is 12.3. The van der Waals surface area contributed by atoms with Gasteiger partial charge >= 0.3 is 0 Å². The van der Waals surface area contributed by atoms with Crippen LogP contribution >= 0.6 is 0 Å². The van der Waals surface area contributed by atoms with Gasteiger partial charge in [-0.3, -0.25) is 0 Å². The highest BCUT2D eigenvalue weighted by atomic mass is 16.3. The summed E-state index contributed by atoms with van der Waals surface area (Å²) in [7, 11) is 0. The molecule has 1 N–H and O–H groups in total. The molecule has 0 aliphatic carbocycles. The smallest absolute Gasteiger partial charge is 0.121 e. The van der Waals surface area contributed by atoms with Crippen LogP contribution in [0.4, 0.5) is 0 Å². The number of benzene rings is 1. The van der Waals surface area contributed by atoms with Gasteiger partial charge in [0.1, 0.15) is 11.8 Å². The zero-order valence-electron chi connectivity index (χ0n) is 14.2. The first kappa shape index (κ1) is 18.7. The fourth-order valence-electron chi connectivity index (χ4n) is 2.85. The van der Waals surface area contributed by atoms with Crippen LogP contribution in [0.3, 0.4) is 0 Å². The molecule has 0 aliphatic rings. The Bertz CT molecular complexity index is 431. The number of nitrogens with zero attached hydrogens (tertiary/aromatic N) is 1. The van der Waals surface area contributed by atoms with Crippen LogP contribution < -0.4 is 0 Å². The van der Waals surface area contributed by atoms with Crippen molar-refractivity contribution < 1.29 is 5.11 Å². The van der Waals surface area contributed by atoms with E-state index in [1.54, 1.807) is 6.07 Å². The number of phenols is 1. The Labute approximate surface area is 135 Å². The van der Waals surface area contributed by atoms with Crippen LogP contribution in [0.5, 0.6) is 5.75 Å². The van der Waals surface area contributed by atoms with Gasteiger partial charge in [0.05, 0.1) is 0 Å². The average molecular weight is 305 g/mol. The number of nitroso groups, excluding NO2 is 1. The van der Waals surface area contributed by atoms with E-state index in [1.807, 2.05) is 19.1 Å². The Morgan fingerprint density at radius 3 is 2.18 bits per heavy atom. The second-order valence-electron chi connectivity index (χ2n) is 6.30. The van der Waals surface area contributed by atoms with Crippen molar-refractivity contribution in [2.24, 2.45) is 5.18 Å². The lowest BCUT2D eigenvalue weighted by Gasteiger charge is -2.12. The minimum Gasteiger partial charge on any atom is -0.508 e. The molecular weight excluding hydrogens is 274 g/mol. The maximum absolute atomic E-state index is 11.1. The van der Waals surface area contributed by atoms with Gasteiger partial charge in [0.15, 0.2) is 0 Å². The number of hydrogen-bond donors (Lipinski definition) is 1. The Hall–Kier alpha value is -1.38. The van der Waals surface area contributed by atoms with E-state index in [2.05, 4.69) is 12.1 Å².